The minimum atomic E-state index is -0.860. The Labute approximate surface area is 212 Å². The summed E-state index contributed by atoms with van der Waals surface area (Å²) in [7, 11) is 3.03. The molecule has 0 radical (unpaired) electrons. The predicted molar refractivity (Wildman–Crippen MR) is 127 cm³/mol. The molecule has 0 saturated carbocycles. The van der Waals surface area contributed by atoms with Gasteiger partial charge in [0.15, 0.2) is 0 Å². The van der Waals surface area contributed by atoms with Crippen LogP contribution >= 0.6 is 0 Å². The van der Waals surface area contributed by atoms with Crippen molar-refractivity contribution >= 4 is 35.1 Å². The molecule has 0 saturated heterocycles. The van der Waals surface area contributed by atoms with E-state index in [9.17, 15) is 28.5 Å². The molecule has 0 spiro atoms. The largest absolute Gasteiger partial charge is 0.398 e. The second-order valence-electron chi connectivity index (χ2n) is 7.62. The van der Waals surface area contributed by atoms with Crippen molar-refractivity contribution in [3.05, 3.63) is 68.3 Å². The average Bonchev–Trinajstić information content (AvgIpc) is 3.44. The van der Waals surface area contributed by atoms with Gasteiger partial charge in [0.1, 0.15) is 11.6 Å². The lowest BCUT2D eigenvalue weighted by Crippen LogP contribution is -2.18. The van der Waals surface area contributed by atoms with E-state index in [0.29, 0.717) is 11.3 Å². The number of halogens is 2. The summed E-state index contributed by atoms with van der Waals surface area (Å²) < 4.78 is 29.8. The van der Waals surface area contributed by atoms with Crippen LogP contribution in [-0.4, -0.2) is 57.2 Å². The van der Waals surface area contributed by atoms with Crippen LogP contribution in [0.15, 0.2) is 24.3 Å². The number of carbonyl (C=O) groups excluding carboxylic acids is 2. The van der Waals surface area contributed by atoms with Crippen molar-refractivity contribution in [1.29, 1.82) is 0 Å². The topological polar surface area (TPSA) is 215 Å². The fourth-order valence-electron chi connectivity index (χ4n) is 3.12. The number of tetrazole rings is 2. The molecule has 2 heterocycles. The molecule has 16 nitrogen and oxygen atoms in total. The number of nitro benzene ring substituents is 1. The first-order valence-electron chi connectivity index (χ1n) is 10.5. The molecule has 0 aliphatic carbocycles. The molecule has 0 bridgehead atoms. The van der Waals surface area contributed by atoms with E-state index in [2.05, 4.69) is 41.7 Å². The summed E-state index contributed by atoms with van der Waals surface area (Å²) in [6.07, 6.45) is 0. The van der Waals surface area contributed by atoms with Gasteiger partial charge in [-0.15, -0.1) is 0 Å². The Bertz CT molecular complexity index is 1530. The summed E-state index contributed by atoms with van der Waals surface area (Å²) in [5, 5.41) is 36.3. The van der Waals surface area contributed by atoms with E-state index in [1.165, 1.54) is 29.4 Å². The van der Waals surface area contributed by atoms with Gasteiger partial charge >= 0.3 is 0 Å². The number of anilines is 3. The van der Waals surface area contributed by atoms with Gasteiger partial charge < -0.3 is 5.73 Å². The number of nitrogens with two attached hydrogens (primary N) is 1. The second kappa shape index (κ2) is 11.1. The van der Waals surface area contributed by atoms with Gasteiger partial charge in [0.05, 0.1) is 16.1 Å². The number of nitrogens with one attached hydrogen (secondary N) is 2. The molecular formula is C20H20F2N12O4. The maximum absolute atomic E-state index is 13.7. The second-order valence-corrected chi connectivity index (χ2v) is 7.62. The van der Waals surface area contributed by atoms with Gasteiger partial charge in [-0.05, 0) is 58.5 Å². The zero-order chi connectivity index (χ0) is 28.1. The van der Waals surface area contributed by atoms with Crippen molar-refractivity contribution in [2.24, 2.45) is 14.1 Å². The summed E-state index contributed by atoms with van der Waals surface area (Å²) in [6, 6.07) is 4.43. The molecule has 4 rings (SSSR count). The number of aromatic nitrogens is 8. The number of hydrogen-bond acceptors (Lipinski definition) is 11. The Kier molecular flexibility index (Phi) is 7.94. The molecule has 0 fully saturated rings. The van der Waals surface area contributed by atoms with E-state index in [4.69, 9.17) is 5.73 Å². The van der Waals surface area contributed by atoms with Gasteiger partial charge in [0.25, 0.3) is 17.5 Å². The SMILES string of the molecule is Cc1c(N)ccc(F)c1C(=O)Nc1nnnn1C.Cc1c([N+](=O)[O-])ccc(F)c1C(=O)Nc1nnnn1C. The minimum Gasteiger partial charge on any atom is -0.398 e. The van der Waals surface area contributed by atoms with Crippen LogP contribution in [0.2, 0.25) is 0 Å². The molecule has 38 heavy (non-hydrogen) atoms. The van der Waals surface area contributed by atoms with Gasteiger partial charge in [-0.3, -0.25) is 30.3 Å². The highest BCUT2D eigenvalue weighted by Gasteiger charge is 2.24. The van der Waals surface area contributed by atoms with Crippen LogP contribution in [0.1, 0.15) is 31.8 Å². The smallest absolute Gasteiger partial charge is 0.273 e. The van der Waals surface area contributed by atoms with Crippen LogP contribution in [-0.2, 0) is 14.1 Å². The first-order chi connectivity index (χ1) is 17.9. The Morgan fingerprint density at radius 3 is 1.74 bits per heavy atom. The van der Waals surface area contributed by atoms with Gasteiger partial charge in [0.2, 0.25) is 11.9 Å². The molecule has 18 heteroatoms. The molecule has 0 unspecified atom stereocenters. The van der Waals surface area contributed by atoms with Crippen LogP contribution < -0.4 is 16.4 Å². The highest BCUT2D eigenvalue weighted by Crippen LogP contribution is 2.24. The zero-order valence-electron chi connectivity index (χ0n) is 20.3. The summed E-state index contributed by atoms with van der Waals surface area (Å²) in [5.74, 6) is -2.88. The van der Waals surface area contributed by atoms with Gasteiger partial charge in [-0.25, -0.2) is 18.1 Å². The number of benzene rings is 2. The zero-order valence-corrected chi connectivity index (χ0v) is 20.3. The third-order valence-electron chi connectivity index (χ3n) is 5.18. The molecule has 0 atom stereocenters. The maximum atomic E-state index is 13.7. The molecule has 0 aliphatic rings. The van der Waals surface area contributed by atoms with Crippen LogP contribution in [0.25, 0.3) is 0 Å². The first kappa shape index (κ1) is 27.2. The van der Waals surface area contributed by atoms with Crippen molar-refractivity contribution in [1.82, 2.24) is 40.4 Å². The molecule has 2 aromatic carbocycles. The summed E-state index contributed by atoms with van der Waals surface area (Å²) in [5.41, 5.74) is 5.43. The monoisotopic (exact) mass is 530 g/mol. The standard InChI is InChI=1S/C10H9FN6O3.C10H11FN6O/c1-5-7(17(19)20)4-3-6(11)8(5)9(18)12-10-13-14-15-16(10)2;1-5-7(12)4-3-6(11)8(5)9(18)13-10-14-15-16-17(10)2/h3-4H,1-2H3,(H,12,13,15,18);3-4H,12H2,1-2H3,(H,13,14,16,18). The highest BCUT2D eigenvalue weighted by atomic mass is 19.1. The van der Waals surface area contributed by atoms with Crippen molar-refractivity contribution in [3.8, 4) is 0 Å². The lowest BCUT2D eigenvalue weighted by molar-refractivity contribution is -0.385. The van der Waals surface area contributed by atoms with Gasteiger partial charge in [0, 0.05) is 31.4 Å². The maximum Gasteiger partial charge on any atom is 0.273 e. The fourth-order valence-corrected chi connectivity index (χ4v) is 3.12. The number of rotatable bonds is 5. The number of hydrogen-bond donors (Lipinski definition) is 3. The number of nitro groups is 1. The number of amides is 2. The van der Waals surface area contributed by atoms with Gasteiger partial charge in [-0.1, -0.05) is 10.2 Å². The van der Waals surface area contributed by atoms with Crippen LogP contribution in [0.3, 0.4) is 0 Å². The lowest BCUT2D eigenvalue weighted by Gasteiger charge is -2.09. The summed E-state index contributed by atoms with van der Waals surface area (Å²) >= 11 is 0. The number of carbonyl (C=O) groups is 2. The molecule has 4 aromatic rings. The molecule has 0 aliphatic heterocycles. The number of nitrogen functional groups attached to an aromatic ring is 1. The molecule has 2 amide bonds. The van der Waals surface area contributed by atoms with Crippen molar-refractivity contribution in [2.75, 3.05) is 16.4 Å². The minimum absolute atomic E-state index is 0.000283. The fraction of sp³-hybridized carbons (Fsp3) is 0.200. The highest BCUT2D eigenvalue weighted by molar-refractivity contribution is 6.06. The van der Waals surface area contributed by atoms with E-state index >= 15 is 0 Å². The normalized spacial score (nSPS) is 10.4. The van der Waals surface area contributed by atoms with E-state index in [-0.39, 0.29) is 28.7 Å². The van der Waals surface area contributed by atoms with Crippen LogP contribution in [0.4, 0.5) is 32.1 Å². The quantitative estimate of drug-likeness (QED) is 0.190. The Hall–Kier alpha value is -5.42. The lowest BCUT2D eigenvalue weighted by atomic mass is 10.1. The van der Waals surface area contributed by atoms with E-state index < -0.39 is 33.9 Å². The Balaban J connectivity index is 0.000000212. The molecule has 198 valence electrons. The van der Waals surface area contributed by atoms with Crippen LogP contribution in [0.5, 0.6) is 0 Å². The third-order valence-corrected chi connectivity index (χ3v) is 5.18. The number of aryl methyl sites for hydroxylation is 2. The molecular weight excluding hydrogens is 510 g/mol. The summed E-state index contributed by atoms with van der Waals surface area (Å²) in [4.78, 5) is 34.0. The first-order valence-corrected chi connectivity index (χ1v) is 10.5. The Morgan fingerprint density at radius 2 is 1.32 bits per heavy atom. The van der Waals surface area contributed by atoms with Gasteiger partial charge in [-0.2, -0.15) is 0 Å². The molecule has 4 N–H and O–H groups in total. The van der Waals surface area contributed by atoms with E-state index in [0.717, 1.165) is 18.2 Å². The van der Waals surface area contributed by atoms with E-state index in [1.807, 2.05) is 0 Å². The van der Waals surface area contributed by atoms with Crippen molar-refractivity contribution in [2.45, 2.75) is 13.8 Å². The third kappa shape index (κ3) is 5.69. The Morgan fingerprint density at radius 1 is 0.868 bits per heavy atom. The predicted octanol–water partition coefficient (Wildman–Crippen LogP) is 1.31. The summed E-state index contributed by atoms with van der Waals surface area (Å²) in [6.45, 7) is 2.87. The number of nitrogens with zero attached hydrogens (tertiary/aromatic N) is 9. The van der Waals surface area contributed by atoms with E-state index in [1.54, 1.807) is 14.0 Å². The molecule has 2 aromatic heterocycles. The van der Waals surface area contributed by atoms with Crippen molar-refractivity contribution < 1.29 is 23.3 Å². The van der Waals surface area contributed by atoms with Crippen molar-refractivity contribution in [3.63, 3.8) is 0 Å². The van der Waals surface area contributed by atoms with Crippen LogP contribution in [0, 0.1) is 35.6 Å². The average molecular weight is 530 g/mol.